The zero-order chi connectivity index (χ0) is 12.0. The molecule has 1 unspecified atom stereocenters. The highest BCUT2D eigenvalue weighted by Crippen LogP contribution is 2.18. The van der Waals surface area contributed by atoms with E-state index in [-0.39, 0.29) is 11.9 Å². The van der Waals surface area contributed by atoms with Gasteiger partial charge in [0.2, 0.25) is 0 Å². The molecule has 16 heavy (non-hydrogen) atoms. The Balaban J connectivity index is 2.49. The minimum absolute atomic E-state index is 0.0642. The van der Waals surface area contributed by atoms with Gasteiger partial charge in [0.1, 0.15) is 11.9 Å². The summed E-state index contributed by atoms with van der Waals surface area (Å²) in [6.45, 7) is 6.60. The van der Waals surface area contributed by atoms with Gasteiger partial charge in [-0.25, -0.2) is 8.78 Å². The maximum Gasteiger partial charge on any atom is 0.167 e. The third-order valence-corrected chi connectivity index (χ3v) is 1.94. The first-order valence-electron chi connectivity index (χ1n) is 5.07. The van der Waals surface area contributed by atoms with E-state index < -0.39 is 11.6 Å². The van der Waals surface area contributed by atoms with Gasteiger partial charge < -0.3 is 10.1 Å². The van der Waals surface area contributed by atoms with Gasteiger partial charge in [-0.1, -0.05) is 6.08 Å². The molecule has 1 N–H and O–H groups in total. The third kappa shape index (κ3) is 3.98. The lowest BCUT2D eigenvalue weighted by Gasteiger charge is -2.15. The summed E-state index contributed by atoms with van der Waals surface area (Å²) < 4.78 is 31.1. The van der Waals surface area contributed by atoms with Crippen molar-refractivity contribution in [3.63, 3.8) is 0 Å². The van der Waals surface area contributed by atoms with Gasteiger partial charge in [-0.15, -0.1) is 6.58 Å². The van der Waals surface area contributed by atoms with E-state index in [1.165, 1.54) is 12.1 Å². The standard InChI is InChI=1S/C12H15F2NO/c1-3-6-15-8-9(2)16-12-5-4-10(13)7-11(12)14/h3-5,7,9,15H,1,6,8H2,2H3. The van der Waals surface area contributed by atoms with Crippen LogP contribution in [0.25, 0.3) is 0 Å². The van der Waals surface area contributed by atoms with Crippen LogP contribution in [0.1, 0.15) is 6.92 Å². The minimum atomic E-state index is -0.685. The molecule has 1 aromatic rings. The molecule has 1 atom stereocenters. The summed E-state index contributed by atoms with van der Waals surface area (Å²) in [5.41, 5.74) is 0. The molecule has 4 heteroatoms. The summed E-state index contributed by atoms with van der Waals surface area (Å²) in [6, 6.07) is 3.26. The largest absolute Gasteiger partial charge is 0.486 e. The second-order valence-electron chi connectivity index (χ2n) is 3.45. The van der Waals surface area contributed by atoms with Gasteiger partial charge in [0.15, 0.2) is 11.6 Å². The lowest BCUT2D eigenvalue weighted by atomic mass is 10.3. The molecule has 0 radical (unpaired) electrons. The molecular weight excluding hydrogens is 212 g/mol. The molecule has 88 valence electrons. The van der Waals surface area contributed by atoms with Gasteiger partial charge in [-0.3, -0.25) is 0 Å². The molecule has 0 fully saturated rings. The van der Waals surface area contributed by atoms with E-state index in [2.05, 4.69) is 11.9 Å². The highest BCUT2D eigenvalue weighted by Gasteiger charge is 2.08. The average molecular weight is 227 g/mol. The minimum Gasteiger partial charge on any atom is -0.486 e. The number of nitrogens with one attached hydrogen (secondary N) is 1. The van der Waals surface area contributed by atoms with Crippen LogP contribution in [-0.2, 0) is 0 Å². The highest BCUT2D eigenvalue weighted by atomic mass is 19.1. The SMILES string of the molecule is C=CCNCC(C)Oc1ccc(F)cc1F. The normalized spacial score (nSPS) is 12.2. The van der Waals surface area contributed by atoms with Crippen molar-refractivity contribution in [2.75, 3.05) is 13.1 Å². The molecule has 2 nitrogen and oxygen atoms in total. The summed E-state index contributed by atoms with van der Waals surface area (Å²) in [6.07, 6.45) is 1.53. The van der Waals surface area contributed by atoms with Crippen LogP contribution in [-0.4, -0.2) is 19.2 Å². The predicted octanol–water partition coefficient (Wildman–Crippen LogP) is 2.51. The van der Waals surface area contributed by atoms with Crippen LogP contribution < -0.4 is 10.1 Å². The van der Waals surface area contributed by atoms with Crippen LogP contribution in [0.4, 0.5) is 8.78 Å². The Kier molecular flexibility index (Phi) is 4.92. The Bertz CT molecular complexity index is 355. The summed E-state index contributed by atoms with van der Waals surface area (Å²) in [5, 5.41) is 3.05. The van der Waals surface area contributed by atoms with Crippen LogP contribution in [0.5, 0.6) is 5.75 Å². The first kappa shape index (κ1) is 12.6. The van der Waals surface area contributed by atoms with Crippen molar-refractivity contribution in [1.82, 2.24) is 5.32 Å². The number of benzene rings is 1. The van der Waals surface area contributed by atoms with Gasteiger partial charge >= 0.3 is 0 Å². The second kappa shape index (κ2) is 6.23. The molecule has 0 bridgehead atoms. The van der Waals surface area contributed by atoms with Gasteiger partial charge in [0.05, 0.1) is 0 Å². The fourth-order valence-corrected chi connectivity index (χ4v) is 1.22. The van der Waals surface area contributed by atoms with E-state index in [1.54, 1.807) is 13.0 Å². The molecule has 0 spiro atoms. The molecule has 0 aliphatic heterocycles. The van der Waals surface area contributed by atoms with Gasteiger partial charge in [0.25, 0.3) is 0 Å². The summed E-state index contributed by atoms with van der Waals surface area (Å²) in [5.74, 6) is -1.23. The van der Waals surface area contributed by atoms with E-state index in [4.69, 9.17) is 4.74 Å². The second-order valence-corrected chi connectivity index (χ2v) is 3.45. The molecule has 1 rings (SSSR count). The molecule has 0 aromatic heterocycles. The van der Waals surface area contributed by atoms with Crippen molar-refractivity contribution >= 4 is 0 Å². The molecule has 0 aliphatic carbocycles. The maximum absolute atomic E-state index is 13.2. The zero-order valence-electron chi connectivity index (χ0n) is 9.17. The average Bonchev–Trinajstić information content (AvgIpc) is 2.23. The van der Waals surface area contributed by atoms with Crippen LogP contribution in [0.3, 0.4) is 0 Å². The molecule has 0 saturated carbocycles. The number of ether oxygens (including phenoxy) is 1. The fourth-order valence-electron chi connectivity index (χ4n) is 1.22. The van der Waals surface area contributed by atoms with Crippen molar-refractivity contribution in [1.29, 1.82) is 0 Å². The number of halogens is 2. The molecule has 0 amide bonds. The van der Waals surface area contributed by atoms with Gasteiger partial charge in [-0.2, -0.15) is 0 Å². The van der Waals surface area contributed by atoms with E-state index in [1.807, 2.05) is 0 Å². The van der Waals surface area contributed by atoms with Crippen LogP contribution in [0.15, 0.2) is 30.9 Å². The maximum atomic E-state index is 13.2. The lowest BCUT2D eigenvalue weighted by molar-refractivity contribution is 0.209. The molecule has 0 aliphatic rings. The van der Waals surface area contributed by atoms with Crippen molar-refractivity contribution in [3.05, 3.63) is 42.5 Å². The Morgan fingerprint density at radius 1 is 1.50 bits per heavy atom. The number of hydrogen-bond acceptors (Lipinski definition) is 2. The summed E-state index contributed by atoms with van der Waals surface area (Å²) >= 11 is 0. The van der Waals surface area contributed by atoms with Crippen molar-refractivity contribution in [2.45, 2.75) is 13.0 Å². The molecule has 0 saturated heterocycles. The Morgan fingerprint density at radius 2 is 2.25 bits per heavy atom. The smallest absolute Gasteiger partial charge is 0.167 e. The topological polar surface area (TPSA) is 21.3 Å². The van der Waals surface area contributed by atoms with Gasteiger partial charge in [0, 0.05) is 19.2 Å². The van der Waals surface area contributed by atoms with Crippen LogP contribution in [0.2, 0.25) is 0 Å². The summed E-state index contributed by atoms with van der Waals surface area (Å²) in [7, 11) is 0. The van der Waals surface area contributed by atoms with E-state index in [0.29, 0.717) is 13.1 Å². The Morgan fingerprint density at radius 3 is 2.88 bits per heavy atom. The predicted molar refractivity (Wildman–Crippen MR) is 59.5 cm³/mol. The first-order chi connectivity index (χ1) is 7.63. The van der Waals surface area contributed by atoms with E-state index in [0.717, 1.165) is 6.07 Å². The third-order valence-electron chi connectivity index (χ3n) is 1.94. The monoisotopic (exact) mass is 227 g/mol. The van der Waals surface area contributed by atoms with E-state index >= 15 is 0 Å². The highest BCUT2D eigenvalue weighted by molar-refractivity contribution is 5.24. The van der Waals surface area contributed by atoms with Crippen molar-refractivity contribution in [3.8, 4) is 5.75 Å². The van der Waals surface area contributed by atoms with Crippen LogP contribution in [0, 0.1) is 11.6 Å². The van der Waals surface area contributed by atoms with Crippen molar-refractivity contribution in [2.24, 2.45) is 0 Å². The number of hydrogen-bond donors (Lipinski definition) is 1. The Labute approximate surface area is 93.9 Å². The lowest BCUT2D eigenvalue weighted by Crippen LogP contribution is -2.29. The van der Waals surface area contributed by atoms with Crippen molar-refractivity contribution < 1.29 is 13.5 Å². The molecule has 1 aromatic carbocycles. The first-order valence-corrected chi connectivity index (χ1v) is 5.07. The van der Waals surface area contributed by atoms with Gasteiger partial charge in [-0.05, 0) is 19.1 Å². The summed E-state index contributed by atoms with van der Waals surface area (Å²) in [4.78, 5) is 0. The number of rotatable bonds is 6. The van der Waals surface area contributed by atoms with Crippen LogP contribution >= 0.6 is 0 Å². The zero-order valence-corrected chi connectivity index (χ0v) is 9.17. The molecular formula is C12H15F2NO. The quantitative estimate of drug-likeness (QED) is 0.595. The molecule has 0 heterocycles. The fraction of sp³-hybridized carbons (Fsp3) is 0.333. The Hall–Kier alpha value is -1.42. The van der Waals surface area contributed by atoms with E-state index in [9.17, 15) is 8.78 Å².